The minimum absolute atomic E-state index is 0.0304. The molecule has 2 unspecified atom stereocenters. The average molecular weight is 554 g/mol. The Labute approximate surface area is 244 Å². The van der Waals surface area contributed by atoms with Crippen LogP contribution in [0, 0.1) is 0 Å². The van der Waals surface area contributed by atoms with Crippen molar-refractivity contribution in [3.8, 4) is 0 Å². The van der Waals surface area contributed by atoms with Gasteiger partial charge in [-0.1, -0.05) is 181 Å². The number of carbonyl (C=O) groups is 1. The first-order valence-corrected chi connectivity index (χ1v) is 17.7. The zero-order valence-corrected chi connectivity index (χ0v) is 26.7. The molecule has 1 amide bonds. The number of amides is 1. The Morgan fingerprint density at radius 1 is 0.513 bits per heavy atom. The number of rotatable bonds is 32. The number of hydrogen-bond donors (Lipinski definition) is 3. The summed E-state index contributed by atoms with van der Waals surface area (Å²) in [7, 11) is 0. The number of hydrogen-bond acceptors (Lipinski definition) is 3. The van der Waals surface area contributed by atoms with Gasteiger partial charge in [-0.25, -0.2) is 0 Å². The summed E-state index contributed by atoms with van der Waals surface area (Å²) in [5.41, 5.74) is 0. The van der Waals surface area contributed by atoms with E-state index in [9.17, 15) is 15.0 Å². The maximum atomic E-state index is 12.3. The molecule has 0 radical (unpaired) electrons. The Morgan fingerprint density at radius 2 is 0.821 bits per heavy atom. The highest BCUT2D eigenvalue weighted by molar-refractivity contribution is 5.76. The van der Waals surface area contributed by atoms with Crippen molar-refractivity contribution in [2.24, 2.45) is 0 Å². The van der Waals surface area contributed by atoms with Gasteiger partial charge in [0.25, 0.3) is 0 Å². The van der Waals surface area contributed by atoms with Gasteiger partial charge in [-0.15, -0.1) is 0 Å². The second-order valence-electron chi connectivity index (χ2n) is 12.3. The highest BCUT2D eigenvalue weighted by Crippen LogP contribution is 2.15. The standard InChI is InChI=1S/C35H71NO3/c1-3-5-7-9-11-13-15-17-19-20-22-24-26-28-30-34(38)33(32-37)36-35(39)31-29-27-25-23-21-18-16-14-12-10-8-6-4-2/h33-34,37-38H,3-32H2,1-2H3,(H,36,39). The molecule has 0 saturated heterocycles. The molecule has 39 heavy (non-hydrogen) atoms. The smallest absolute Gasteiger partial charge is 0.220 e. The van der Waals surface area contributed by atoms with Crippen LogP contribution in [-0.2, 0) is 4.79 Å². The summed E-state index contributed by atoms with van der Waals surface area (Å²) in [6.45, 7) is 4.35. The van der Waals surface area contributed by atoms with Crippen molar-refractivity contribution in [3.05, 3.63) is 0 Å². The lowest BCUT2D eigenvalue weighted by Gasteiger charge is -2.22. The predicted octanol–water partition coefficient (Wildman–Crippen LogP) is 10.2. The highest BCUT2D eigenvalue weighted by atomic mass is 16.3. The first kappa shape index (κ1) is 38.4. The monoisotopic (exact) mass is 554 g/mol. The number of unbranched alkanes of at least 4 members (excludes halogenated alkanes) is 25. The fourth-order valence-corrected chi connectivity index (χ4v) is 5.59. The summed E-state index contributed by atoms with van der Waals surface area (Å²) < 4.78 is 0. The van der Waals surface area contributed by atoms with E-state index in [0.29, 0.717) is 12.8 Å². The molecule has 234 valence electrons. The summed E-state index contributed by atoms with van der Waals surface area (Å²) >= 11 is 0. The summed E-state index contributed by atoms with van der Waals surface area (Å²) in [4.78, 5) is 12.3. The first-order chi connectivity index (χ1) is 19.2. The van der Waals surface area contributed by atoms with Gasteiger partial charge in [-0.05, 0) is 12.8 Å². The molecule has 0 rings (SSSR count). The Kier molecular flexibility index (Phi) is 31.4. The van der Waals surface area contributed by atoms with Gasteiger partial charge in [0.1, 0.15) is 0 Å². The van der Waals surface area contributed by atoms with Crippen LogP contribution < -0.4 is 5.32 Å². The summed E-state index contributed by atoms with van der Waals surface area (Å²) in [5.74, 6) is -0.0304. The number of aliphatic hydroxyl groups excluding tert-OH is 2. The van der Waals surface area contributed by atoms with Crippen LogP contribution in [0.2, 0.25) is 0 Å². The quantitative estimate of drug-likeness (QED) is 0.0726. The highest BCUT2D eigenvalue weighted by Gasteiger charge is 2.19. The predicted molar refractivity (Wildman–Crippen MR) is 170 cm³/mol. The maximum Gasteiger partial charge on any atom is 0.220 e. The van der Waals surface area contributed by atoms with Crippen molar-refractivity contribution in [2.45, 2.75) is 212 Å². The maximum absolute atomic E-state index is 12.3. The van der Waals surface area contributed by atoms with E-state index in [-0.39, 0.29) is 12.5 Å². The third-order valence-corrected chi connectivity index (χ3v) is 8.37. The Balaban J connectivity index is 3.54. The lowest BCUT2D eigenvalue weighted by atomic mass is 10.0. The lowest BCUT2D eigenvalue weighted by Crippen LogP contribution is -2.45. The molecular formula is C35H71NO3. The van der Waals surface area contributed by atoms with Gasteiger partial charge in [-0.3, -0.25) is 4.79 Å². The zero-order valence-electron chi connectivity index (χ0n) is 26.7. The van der Waals surface area contributed by atoms with Gasteiger partial charge in [0.15, 0.2) is 0 Å². The lowest BCUT2D eigenvalue weighted by molar-refractivity contribution is -0.123. The van der Waals surface area contributed by atoms with Crippen molar-refractivity contribution >= 4 is 5.91 Å². The zero-order chi connectivity index (χ0) is 28.7. The van der Waals surface area contributed by atoms with Crippen LogP contribution >= 0.6 is 0 Å². The van der Waals surface area contributed by atoms with E-state index in [2.05, 4.69) is 19.2 Å². The minimum Gasteiger partial charge on any atom is -0.394 e. The Bertz CT molecular complexity index is 485. The van der Waals surface area contributed by atoms with Crippen LogP contribution in [0.25, 0.3) is 0 Å². The van der Waals surface area contributed by atoms with E-state index in [1.165, 1.54) is 148 Å². The molecule has 0 aromatic rings. The van der Waals surface area contributed by atoms with Gasteiger partial charge >= 0.3 is 0 Å². The number of nitrogens with one attached hydrogen (secondary N) is 1. The molecule has 4 nitrogen and oxygen atoms in total. The van der Waals surface area contributed by atoms with E-state index in [1.54, 1.807) is 0 Å². The molecule has 0 bridgehead atoms. The molecule has 0 fully saturated rings. The van der Waals surface area contributed by atoms with E-state index >= 15 is 0 Å². The topological polar surface area (TPSA) is 69.6 Å². The van der Waals surface area contributed by atoms with Gasteiger partial charge in [0, 0.05) is 6.42 Å². The second-order valence-corrected chi connectivity index (χ2v) is 12.3. The van der Waals surface area contributed by atoms with Gasteiger partial charge in [-0.2, -0.15) is 0 Å². The largest absolute Gasteiger partial charge is 0.394 e. The van der Waals surface area contributed by atoms with Crippen LogP contribution in [0.15, 0.2) is 0 Å². The number of aliphatic hydroxyl groups is 2. The van der Waals surface area contributed by atoms with E-state index in [4.69, 9.17) is 0 Å². The average Bonchev–Trinajstić information content (AvgIpc) is 2.94. The van der Waals surface area contributed by atoms with E-state index in [0.717, 1.165) is 25.7 Å². The molecule has 2 atom stereocenters. The summed E-state index contributed by atoms with van der Waals surface area (Å²) in [6.07, 6.45) is 35.8. The fourth-order valence-electron chi connectivity index (χ4n) is 5.59. The van der Waals surface area contributed by atoms with Crippen LogP contribution in [0.5, 0.6) is 0 Å². The van der Waals surface area contributed by atoms with Crippen molar-refractivity contribution in [3.63, 3.8) is 0 Å². The van der Waals surface area contributed by atoms with Crippen LogP contribution in [0.3, 0.4) is 0 Å². The minimum atomic E-state index is -0.650. The van der Waals surface area contributed by atoms with Gasteiger partial charge < -0.3 is 15.5 Å². The van der Waals surface area contributed by atoms with Crippen LogP contribution in [0.4, 0.5) is 0 Å². The first-order valence-electron chi connectivity index (χ1n) is 17.7. The van der Waals surface area contributed by atoms with Gasteiger partial charge in [0.05, 0.1) is 18.8 Å². The Morgan fingerprint density at radius 3 is 1.15 bits per heavy atom. The summed E-state index contributed by atoms with van der Waals surface area (Å²) in [5, 5.41) is 23.0. The van der Waals surface area contributed by atoms with E-state index in [1.807, 2.05) is 0 Å². The van der Waals surface area contributed by atoms with Crippen LogP contribution in [0.1, 0.15) is 200 Å². The van der Waals surface area contributed by atoms with E-state index < -0.39 is 12.1 Å². The van der Waals surface area contributed by atoms with Crippen molar-refractivity contribution in [2.75, 3.05) is 6.61 Å². The molecular weight excluding hydrogens is 482 g/mol. The third-order valence-electron chi connectivity index (χ3n) is 8.37. The second kappa shape index (κ2) is 31.9. The summed E-state index contributed by atoms with van der Waals surface area (Å²) in [6, 6.07) is -0.526. The molecule has 4 heteroatoms. The third kappa shape index (κ3) is 28.7. The molecule has 3 N–H and O–H groups in total. The van der Waals surface area contributed by atoms with Crippen LogP contribution in [-0.4, -0.2) is 34.9 Å². The molecule has 0 aliphatic heterocycles. The van der Waals surface area contributed by atoms with Gasteiger partial charge in [0.2, 0.25) is 5.91 Å². The molecule has 0 aliphatic rings. The number of carbonyl (C=O) groups excluding carboxylic acids is 1. The molecule has 0 heterocycles. The molecule has 0 aromatic carbocycles. The molecule has 0 aromatic heterocycles. The van der Waals surface area contributed by atoms with Crippen molar-refractivity contribution in [1.82, 2.24) is 5.32 Å². The molecule has 0 aliphatic carbocycles. The SMILES string of the molecule is CCCCCCCCCCCCCCCCC(O)C(CO)NC(=O)CCCCCCCCCCCCCCC. The Hall–Kier alpha value is -0.610. The van der Waals surface area contributed by atoms with Crippen molar-refractivity contribution < 1.29 is 15.0 Å². The normalized spacial score (nSPS) is 13.0. The molecule has 0 spiro atoms. The molecule has 0 saturated carbocycles. The fraction of sp³-hybridized carbons (Fsp3) is 0.971. The van der Waals surface area contributed by atoms with Crippen molar-refractivity contribution in [1.29, 1.82) is 0 Å².